The van der Waals surface area contributed by atoms with Crippen molar-refractivity contribution in [3.8, 4) is 0 Å². The second kappa shape index (κ2) is 6.23. The molecule has 0 atom stereocenters. The fourth-order valence-electron chi connectivity index (χ4n) is 2.47. The number of benzene rings is 1. The van der Waals surface area contributed by atoms with Gasteiger partial charge >= 0.3 is 11.9 Å². The van der Waals surface area contributed by atoms with Crippen LogP contribution in [-0.4, -0.2) is 40.4 Å². The molecule has 0 spiro atoms. The highest BCUT2D eigenvalue weighted by molar-refractivity contribution is 6.21. The molecule has 0 radical (unpaired) electrons. The molecular formula is C17H14N2O6. The summed E-state index contributed by atoms with van der Waals surface area (Å²) in [5, 5.41) is 0.410. The van der Waals surface area contributed by atoms with Crippen molar-refractivity contribution in [1.82, 2.24) is 10.0 Å². The molecule has 2 aromatic rings. The summed E-state index contributed by atoms with van der Waals surface area (Å²) in [6.07, 6.45) is 0. The summed E-state index contributed by atoms with van der Waals surface area (Å²) in [7, 11) is 0. The predicted molar refractivity (Wildman–Crippen MR) is 83.8 cm³/mol. The second-order valence-corrected chi connectivity index (χ2v) is 5.27. The lowest BCUT2D eigenvalue weighted by Crippen LogP contribution is -2.32. The minimum absolute atomic E-state index is 0.0721. The average Bonchev–Trinajstić information content (AvgIpc) is 3.10. The van der Waals surface area contributed by atoms with E-state index in [2.05, 4.69) is 4.98 Å². The first-order chi connectivity index (χ1) is 11.9. The molecule has 0 saturated heterocycles. The molecule has 8 heteroatoms. The van der Waals surface area contributed by atoms with Gasteiger partial charge in [0.25, 0.3) is 11.8 Å². The number of hydrogen-bond acceptors (Lipinski definition) is 6. The summed E-state index contributed by atoms with van der Waals surface area (Å²) in [4.78, 5) is 56.0. The zero-order valence-corrected chi connectivity index (χ0v) is 13.5. The Hall–Kier alpha value is -3.42. The Bertz CT molecular complexity index is 863. The zero-order valence-electron chi connectivity index (χ0n) is 13.5. The highest BCUT2D eigenvalue weighted by atomic mass is 16.7. The van der Waals surface area contributed by atoms with Crippen LogP contribution in [0.3, 0.4) is 0 Å². The quantitative estimate of drug-likeness (QED) is 0.671. The third-order valence-electron chi connectivity index (χ3n) is 3.66. The zero-order chi connectivity index (χ0) is 18.1. The van der Waals surface area contributed by atoms with Gasteiger partial charge in [0.1, 0.15) is 5.69 Å². The van der Waals surface area contributed by atoms with E-state index in [9.17, 15) is 19.2 Å². The van der Waals surface area contributed by atoms with E-state index < -0.39 is 23.8 Å². The number of carbonyl (C=O) groups excluding carboxylic acids is 4. The molecule has 128 valence electrons. The van der Waals surface area contributed by atoms with Gasteiger partial charge in [-0.1, -0.05) is 17.2 Å². The van der Waals surface area contributed by atoms with Crippen molar-refractivity contribution in [2.45, 2.75) is 13.8 Å². The van der Waals surface area contributed by atoms with E-state index in [1.165, 1.54) is 18.2 Å². The Balaban J connectivity index is 1.80. The van der Waals surface area contributed by atoms with Crippen molar-refractivity contribution in [2.24, 2.45) is 0 Å². The lowest BCUT2D eigenvalue weighted by molar-refractivity contribution is -0.0588. The number of aryl methyl sites for hydroxylation is 1. The number of nitrogens with zero attached hydrogens (tertiary/aromatic N) is 1. The summed E-state index contributed by atoms with van der Waals surface area (Å²) in [5.74, 6) is -2.99. The number of nitrogens with one attached hydrogen (secondary N) is 1. The number of rotatable bonds is 4. The summed E-state index contributed by atoms with van der Waals surface area (Å²) in [6.45, 7) is 3.45. The van der Waals surface area contributed by atoms with Crippen molar-refractivity contribution in [3.63, 3.8) is 0 Å². The maximum atomic E-state index is 12.2. The Labute approximate surface area is 142 Å². The van der Waals surface area contributed by atoms with E-state index in [0.717, 1.165) is 0 Å². The SMILES string of the molecule is CCOC(=O)c1cc(C(=O)ON2C(=O)c3ccccc3C2=O)[nH]c1C. The van der Waals surface area contributed by atoms with Crippen LogP contribution in [0.2, 0.25) is 0 Å². The number of amides is 2. The van der Waals surface area contributed by atoms with Crippen LogP contribution in [0.5, 0.6) is 0 Å². The molecule has 25 heavy (non-hydrogen) atoms. The van der Waals surface area contributed by atoms with Crippen LogP contribution < -0.4 is 0 Å². The number of aromatic nitrogens is 1. The second-order valence-electron chi connectivity index (χ2n) is 5.27. The Kier molecular flexibility index (Phi) is 4.10. The normalized spacial score (nSPS) is 13.0. The van der Waals surface area contributed by atoms with Crippen LogP contribution in [0.25, 0.3) is 0 Å². The molecule has 1 aromatic heterocycles. The number of H-pyrrole nitrogens is 1. The fraction of sp³-hybridized carbons (Fsp3) is 0.176. The van der Waals surface area contributed by atoms with Crippen molar-refractivity contribution in [3.05, 3.63) is 58.4 Å². The van der Waals surface area contributed by atoms with Gasteiger partial charge in [-0.3, -0.25) is 9.59 Å². The third kappa shape index (κ3) is 2.78. The van der Waals surface area contributed by atoms with Gasteiger partial charge in [0.15, 0.2) is 0 Å². The Morgan fingerprint density at radius 1 is 1.08 bits per heavy atom. The maximum Gasteiger partial charge on any atom is 0.380 e. The number of fused-ring (bicyclic) bond motifs is 1. The highest BCUT2D eigenvalue weighted by Crippen LogP contribution is 2.23. The van der Waals surface area contributed by atoms with Crippen LogP contribution >= 0.6 is 0 Å². The Morgan fingerprint density at radius 2 is 1.68 bits per heavy atom. The van der Waals surface area contributed by atoms with E-state index in [0.29, 0.717) is 10.8 Å². The number of imide groups is 1. The molecule has 0 saturated carbocycles. The molecule has 0 bridgehead atoms. The van der Waals surface area contributed by atoms with Crippen LogP contribution in [0, 0.1) is 6.92 Å². The van der Waals surface area contributed by atoms with Crippen molar-refractivity contribution >= 4 is 23.8 Å². The van der Waals surface area contributed by atoms with E-state index in [1.807, 2.05) is 0 Å². The predicted octanol–water partition coefficient (Wildman–Crippen LogP) is 1.87. The number of carbonyl (C=O) groups is 4. The lowest BCUT2D eigenvalue weighted by atomic mass is 10.1. The van der Waals surface area contributed by atoms with E-state index >= 15 is 0 Å². The molecule has 2 amide bonds. The largest absolute Gasteiger partial charge is 0.462 e. The summed E-state index contributed by atoms with van der Waals surface area (Å²) in [5.41, 5.74) is 0.839. The minimum Gasteiger partial charge on any atom is -0.462 e. The molecule has 2 heterocycles. The smallest absolute Gasteiger partial charge is 0.380 e. The fourth-order valence-corrected chi connectivity index (χ4v) is 2.47. The molecule has 3 rings (SSSR count). The van der Waals surface area contributed by atoms with Gasteiger partial charge in [0.05, 0.1) is 23.3 Å². The number of hydroxylamine groups is 2. The standard InChI is InChI=1S/C17H14N2O6/c1-3-24-16(22)12-8-13(18-9(12)2)17(23)25-19-14(20)10-6-4-5-7-11(10)15(19)21/h4-8,18H,3H2,1-2H3. The van der Waals surface area contributed by atoms with Crippen molar-refractivity contribution in [1.29, 1.82) is 0 Å². The highest BCUT2D eigenvalue weighted by Gasteiger charge is 2.39. The summed E-state index contributed by atoms with van der Waals surface area (Å²) >= 11 is 0. The van der Waals surface area contributed by atoms with Crippen LogP contribution in [0.4, 0.5) is 0 Å². The first kappa shape index (κ1) is 16.4. The number of aromatic amines is 1. The van der Waals surface area contributed by atoms with Gasteiger partial charge in [-0.05, 0) is 32.0 Å². The van der Waals surface area contributed by atoms with E-state index in [-0.39, 0.29) is 29.0 Å². The van der Waals surface area contributed by atoms with Gasteiger partial charge in [0.2, 0.25) is 0 Å². The third-order valence-corrected chi connectivity index (χ3v) is 3.66. The topological polar surface area (TPSA) is 106 Å². The number of ether oxygens (including phenoxy) is 1. The molecule has 1 N–H and O–H groups in total. The van der Waals surface area contributed by atoms with Crippen LogP contribution in [0.1, 0.15) is 54.2 Å². The molecular weight excluding hydrogens is 328 g/mol. The average molecular weight is 342 g/mol. The van der Waals surface area contributed by atoms with Gasteiger partial charge in [-0.2, -0.15) is 0 Å². The first-order valence-electron chi connectivity index (χ1n) is 7.51. The molecule has 1 aliphatic heterocycles. The number of hydrogen-bond donors (Lipinski definition) is 1. The summed E-state index contributed by atoms with van der Waals surface area (Å²) < 4.78 is 4.88. The minimum atomic E-state index is -0.965. The van der Waals surface area contributed by atoms with Crippen molar-refractivity contribution < 1.29 is 28.8 Å². The van der Waals surface area contributed by atoms with Gasteiger partial charge in [0, 0.05) is 5.69 Å². The van der Waals surface area contributed by atoms with Crippen LogP contribution in [0.15, 0.2) is 30.3 Å². The number of esters is 1. The van der Waals surface area contributed by atoms with Gasteiger partial charge in [-0.15, -0.1) is 0 Å². The first-order valence-corrected chi connectivity index (χ1v) is 7.51. The molecule has 0 aliphatic carbocycles. The Morgan fingerprint density at radius 3 is 2.24 bits per heavy atom. The molecule has 1 aliphatic rings. The van der Waals surface area contributed by atoms with Gasteiger partial charge in [-0.25, -0.2) is 9.59 Å². The van der Waals surface area contributed by atoms with Crippen molar-refractivity contribution in [2.75, 3.05) is 6.61 Å². The lowest BCUT2D eigenvalue weighted by Gasteiger charge is -2.11. The summed E-state index contributed by atoms with van der Waals surface area (Å²) in [6, 6.07) is 7.42. The molecule has 0 unspecified atom stereocenters. The maximum absolute atomic E-state index is 12.2. The van der Waals surface area contributed by atoms with E-state index in [4.69, 9.17) is 9.57 Å². The van der Waals surface area contributed by atoms with Gasteiger partial charge < -0.3 is 14.6 Å². The molecule has 1 aromatic carbocycles. The monoisotopic (exact) mass is 342 g/mol. The molecule has 0 fully saturated rings. The van der Waals surface area contributed by atoms with E-state index in [1.54, 1.807) is 26.0 Å². The van der Waals surface area contributed by atoms with Crippen LogP contribution in [-0.2, 0) is 9.57 Å². The molecule has 8 nitrogen and oxygen atoms in total.